The number of esters is 1. The number of rotatable bonds is 3. The fraction of sp³-hybridized carbons (Fsp3) is 0.421. The Balaban J connectivity index is 1.88. The Bertz CT molecular complexity index is 894. The zero-order chi connectivity index (χ0) is 18.8. The molecule has 1 aromatic heterocycles. The first-order valence-corrected chi connectivity index (χ1v) is 8.54. The SMILES string of the molecule is COC(=O)c1ccc2ccn(CC(=O)N3C[C@@H](C)O[C@@H](C)C3)c(=O)c2c1. The van der Waals surface area contributed by atoms with Crippen molar-refractivity contribution in [3.05, 3.63) is 46.4 Å². The lowest BCUT2D eigenvalue weighted by Crippen LogP contribution is -2.49. The van der Waals surface area contributed by atoms with E-state index in [-0.39, 0.29) is 30.2 Å². The summed E-state index contributed by atoms with van der Waals surface area (Å²) in [5.41, 5.74) is -0.00651. The van der Waals surface area contributed by atoms with Crippen LogP contribution in [-0.4, -0.2) is 53.8 Å². The summed E-state index contributed by atoms with van der Waals surface area (Å²) in [6.45, 7) is 4.83. The Labute approximate surface area is 151 Å². The first kappa shape index (κ1) is 18.1. The van der Waals surface area contributed by atoms with Crippen molar-refractivity contribution in [2.24, 2.45) is 0 Å². The molecule has 0 saturated carbocycles. The Hall–Kier alpha value is -2.67. The number of nitrogens with zero attached hydrogens (tertiary/aromatic N) is 2. The highest BCUT2D eigenvalue weighted by Gasteiger charge is 2.26. The van der Waals surface area contributed by atoms with E-state index in [2.05, 4.69) is 0 Å². The maximum absolute atomic E-state index is 12.8. The third-order valence-electron chi connectivity index (χ3n) is 4.48. The van der Waals surface area contributed by atoms with E-state index in [1.165, 1.54) is 17.7 Å². The highest BCUT2D eigenvalue weighted by molar-refractivity contribution is 5.95. The second kappa shape index (κ2) is 7.29. The number of carbonyl (C=O) groups excluding carboxylic acids is 2. The molecule has 1 aromatic carbocycles. The molecule has 138 valence electrons. The number of carbonyl (C=O) groups is 2. The van der Waals surface area contributed by atoms with Gasteiger partial charge in [-0.2, -0.15) is 0 Å². The van der Waals surface area contributed by atoms with E-state index in [0.29, 0.717) is 29.4 Å². The average Bonchev–Trinajstić information content (AvgIpc) is 2.62. The first-order chi connectivity index (χ1) is 12.4. The molecule has 0 N–H and O–H groups in total. The third-order valence-corrected chi connectivity index (χ3v) is 4.48. The Morgan fingerprint density at radius 2 is 1.88 bits per heavy atom. The molecule has 0 bridgehead atoms. The fourth-order valence-corrected chi connectivity index (χ4v) is 3.28. The summed E-state index contributed by atoms with van der Waals surface area (Å²) < 4.78 is 11.7. The van der Waals surface area contributed by atoms with Gasteiger partial charge in [0.2, 0.25) is 5.91 Å². The molecule has 7 nitrogen and oxygen atoms in total. The van der Waals surface area contributed by atoms with Crippen LogP contribution >= 0.6 is 0 Å². The number of amides is 1. The molecule has 0 radical (unpaired) electrons. The van der Waals surface area contributed by atoms with Gasteiger partial charge in [-0.05, 0) is 37.4 Å². The minimum absolute atomic E-state index is 0.0290. The number of aromatic nitrogens is 1. The highest BCUT2D eigenvalue weighted by atomic mass is 16.5. The van der Waals surface area contributed by atoms with E-state index in [9.17, 15) is 14.4 Å². The molecular formula is C19H22N2O5. The second-order valence-corrected chi connectivity index (χ2v) is 6.60. The van der Waals surface area contributed by atoms with Gasteiger partial charge in [0.05, 0.1) is 24.9 Å². The Morgan fingerprint density at radius 1 is 1.19 bits per heavy atom. The summed E-state index contributed by atoms with van der Waals surface area (Å²) in [5.74, 6) is -0.633. The van der Waals surface area contributed by atoms with Crippen molar-refractivity contribution in [2.45, 2.75) is 32.6 Å². The van der Waals surface area contributed by atoms with E-state index in [1.807, 2.05) is 13.8 Å². The molecule has 3 rings (SSSR count). The van der Waals surface area contributed by atoms with Crippen molar-refractivity contribution in [3.63, 3.8) is 0 Å². The summed E-state index contributed by atoms with van der Waals surface area (Å²) in [5, 5.41) is 1.09. The minimum Gasteiger partial charge on any atom is -0.465 e. The number of hydrogen-bond donors (Lipinski definition) is 0. The van der Waals surface area contributed by atoms with Crippen LogP contribution in [-0.2, 0) is 20.8 Å². The van der Waals surface area contributed by atoms with Crippen LogP contribution in [0.25, 0.3) is 10.8 Å². The van der Waals surface area contributed by atoms with Crippen molar-refractivity contribution in [1.29, 1.82) is 0 Å². The molecule has 1 aliphatic rings. The number of ether oxygens (including phenoxy) is 2. The molecule has 7 heteroatoms. The monoisotopic (exact) mass is 358 g/mol. The number of benzene rings is 1. The maximum atomic E-state index is 12.8. The smallest absolute Gasteiger partial charge is 0.337 e. The fourth-order valence-electron chi connectivity index (χ4n) is 3.28. The largest absolute Gasteiger partial charge is 0.465 e. The molecule has 26 heavy (non-hydrogen) atoms. The summed E-state index contributed by atoms with van der Waals surface area (Å²) >= 11 is 0. The van der Waals surface area contributed by atoms with Crippen LogP contribution in [0.1, 0.15) is 24.2 Å². The predicted octanol–water partition coefficient (Wildman–Crippen LogP) is 1.42. The van der Waals surface area contributed by atoms with Crippen molar-refractivity contribution in [2.75, 3.05) is 20.2 Å². The van der Waals surface area contributed by atoms with Crippen LogP contribution in [0.4, 0.5) is 0 Å². The van der Waals surface area contributed by atoms with Gasteiger partial charge in [-0.15, -0.1) is 0 Å². The van der Waals surface area contributed by atoms with Gasteiger partial charge in [0.25, 0.3) is 5.56 Å². The molecule has 2 heterocycles. The van der Waals surface area contributed by atoms with Crippen LogP contribution in [0, 0.1) is 0 Å². The lowest BCUT2D eigenvalue weighted by Gasteiger charge is -2.35. The standard InChI is InChI=1S/C19H22N2O5/c1-12-9-21(10-13(2)26-12)17(22)11-20-7-6-14-4-5-15(19(24)25-3)8-16(14)18(20)23/h4-8,12-13H,9-11H2,1-3H3/t12-,13+. The minimum atomic E-state index is -0.505. The summed E-state index contributed by atoms with van der Waals surface area (Å²) in [7, 11) is 1.29. The number of hydrogen-bond acceptors (Lipinski definition) is 5. The topological polar surface area (TPSA) is 77.8 Å². The summed E-state index contributed by atoms with van der Waals surface area (Å²) in [6, 6.07) is 6.57. The number of pyridine rings is 1. The zero-order valence-electron chi connectivity index (χ0n) is 15.1. The molecule has 2 aromatic rings. The van der Waals surface area contributed by atoms with Gasteiger partial charge in [0, 0.05) is 24.7 Å². The summed E-state index contributed by atoms with van der Waals surface area (Å²) in [6.07, 6.45) is 1.55. The van der Waals surface area contributed by atoms with Gasteiger partial charge >= 0.3 is 5.97 Å². The molecule has 0 unspecified atom stereocenters. The van der Waals surface area contributed by atoms with Crippen LogP contribution in [0.3, 0.4) is 0 Å². The molecule has 0 aliphatic carbocycles. The Kier molecular flexibility index (Phi) is 5.08. The van der Waals surface area contributed by atoms with Crippen LogP contribution in [0.15, 0.2) is 35.3 Å². The molecule has 1 saturated heterocycles. The predicted molar refractivity (Wildman–Crippen MR) is 96.1 cm³/mol. The number of methoxy groups -OCH3 is 1. The van der Waals surface area contributed by atoms with E-state index >= 15 is 0 Å². The van der Waals surface area contributed by atoms with Crippen LogP contribution in [0.2, 0.25) is 0 Å². The van der Waals surface area contributed by atoms with Crippen molar-refractivity contribution >= 4 is 22.6 Å². The number of fused-ring (bicyclic) bond motifs is 1. The highest BCUT2D eigenvalue weighted by Crippen LogP contribution is 2.14. The van der Waals surface area contributed by atoms with E-state index in [0.717, 1.165) is 0 Å². The summed E-state index contributed by atoms with van der Waals surface area (Å²) in [4.78, 5) is 38.8. The quantitative estimate of drug-likeness (QED) is 0.776. The van der Waals surface area contributed by atoms with Gasteiger partial charge in [-0.3, -0.25) is 9.59 Å². The molecule has 1 aliphatic heterocycles. The lowest BCUT2D eigenvalue weighted by atomic mass is 10.1. The lowest BCUT2D eigenvalue weighted by molar-refractivity contribution is -0.143. The number of morpholine rings is 1. The molecule has 0 spiro atoms. The average molecular weight is 358 g/mol. The van der Waals surface area contributed by atoms with Gasteiger partial charge in [-0.1, -0.05) is 6.07 Å². The second-order valence-electron chi connectivity index (χ2n) is 6.60. The van der Waals surface area contributed by atoms with Gasteiger partial charge in [0.15, 0.2) is 0 Å². The third kappa shape index (κ3) is 3.62. The van der Waals surface area contributed by atoms with E-state index in [1.54, 1.807) is 29.3 Å². The maximum Gasteiger partial charge on any atom is 0.337 e. The van der Waals surface area contributed by atoms with Crippen molar-refractivity contribution in [1.82, 2.24) is 9.47 Å². The van der Waals surface area contributed by atoms with Gasteiger partial charge in [-0.25, -0.2) is 4.79 Å². The van der Waals surface area contributed by atoms with Crippen molar-refractivity contribution < 1.29 is 19.1 Å². The zero-order valence-corrected chi connectivity index (χ0v) is 15.1. The van der Waals surface area contributed by atoms with Crippen molar-refractivity contribution in [3.8, 4) is 0 Å². The molecule has 1 amide bonds. The van der Waals surface area contributed by atoms with Gasteiger partial charge in [0.1, 0.15) is 6.54 Å². The normalized spacial score (nSPS) is 20.2. The first-order valence-electron chi connectivity index (χ1n) is 8.54. The van der Waals surface area contributed by atoms with Crippen LogP contribution < -0.4 is 5.56 Å². The van der Waals surface area contributed by atoms with E-state index < -0.39 is 5.97 Å². The molecule has 1 fully saturated rings. The van der Waals surface area contributed by atoms with Gasteiger partial charge < -0.3 is 18.9 Å². The van der Waals surface area contributed by atoms with E-state index in [4.69, 9.17) is 9.47 Å². The Morgan fingerprint density at radius 3 is 2.54 bits per heavy atom. The molecular weight excluding hydrogens is 336 g/mol. The molecule has 2 atom stereocenters. The van der Waals surface area contributed by atoms with Crippen LogP contribution in [0.5, 0.6) is 0 Å².